The van der Waals surface area contributed by atoms with Crippen LogP contribution in [0.1, 0.15) is 12.0 Å². The number of nitrogens with zero attached hydrogens (tertiary/aromatic N) is 2. The van der Waals surface area contributed by atoms with Crippen LogP contribution >= 0.6 is 0 Å². The van der Waals surface area contributed by atoms with Gasteiger partial charge in [-0.2, -0.15) is 5.10 Å². The fraction of sp³-hybridized carbons (Fsp3) is 0.769. The quantitative estimate of drug-likeness (QED) is 0.830. The van der Waals surface area contributed by atoms with Crippen molar-refractivity contribution in [3.05, 3.63) is 11.8 Å². The van der Waals surface area contributed by atoms with E-state index >= 15 is 0 Å². The van der Waals surface area contributed by atoms with E-state index in [0.29, 0.717) is 18.8 Å². The largest absolute Gasteiger partial charge is 0.384 e. The maximum Gasteiger partial charge on any atom is 0.258 e. The second kappa shape index (κ2) is 5.35. The number of fused-ring (bicyclic) bond motifs is 1. The standard InChI is InChI=1S/C13H21N3O4S/c1-8-6-14-16(2)13(8)21(17,18)15-11-9-4-5-20-12(9)10(11)7-19-3/h6,9-12,15H,4-5,7H2,1-3H3/t9-,10+,11-,12-/m0/s1. The molecule has 0 bridgehead atoms. The van der Waals surface area contributed by atoms with Gasteiger partial charge in [-0.1, -0.05) is 0 Å². The summed E-state index contributed by atoms with van der Waals surface area (Å²) in [6.07, 6.45) is 2.57. The number of ether oxygens (including phenoxy) is 2. The third kappa shape index (κ3) is 2.40. The topological polar surface area (TPSA) is 82.5 Å². The molecule has 3 rings (SSSR count). The fourth-order valence-electron chi connectivity index (χ4n) is 3.55. The highest BCUT2D eigenvalue weighted by Crippen LogP contribution is 2.44. The molecule has 8 heteroatoms. The van der Waals surface area contributed by atoms with Gasteiger partial charge in [-0.15, -0.1) is 0 Å². The van der Waals surface area contributed by atoms with Crippen molar-refractivity contribution in [1.29, 1.82) is 0 Å². The van der Waals surface area contributed by atoms with Crippen molar-refractivity contribution in [2.75, 3.05) is 20.3 Å². The Balaban J connectivity index is 1.82. The van der Waals surface area contributed by atoms with Crippen molar-refractivity contribution < 1.29 is 17.9 Å². The van der Waals surface area contributed by atoms with Gasteiger partial charge in [0.25, 0.3) is 10.0 Å². The number of hydrogen-bond donors (Lipinski definition) is 1. The van der Waals surface area contributed by atoms with Crippen molar-refractivity contribution in [3.8, 4) is 0 Å². The first-order valence-corrected chi connectivity index (χ1v) is 8.55. The summed E-state index contributed by atoms with van der Waals surface area (Å²) in [6.45, 7) is 2.94. The van der Waals surface area contributed by atoms with Crippen molar-refractivity contribution in [1.82, 2.24) is 14.5 Å². The molecular weight excluding hydrogens is 294 g/mol. The van der Waals surface area contributed by atoms with E-state index in [9.17, 15) is 8.42 Å². The molecule has 0 spiro atoms. The number of methoxy groups -OCH3 is 1. The average molecular weight is 315 g/mol. The zero-order valence-electron chi connectivity index (χ0n) is 12.4. The molecule has 21 heavy (non-hydrogen) atoms. The zero-order valence-corrected chi connectivity index (χ0v) is 13.3. The van der Waals surface area contributed by atoms with Crippen LogP contribution in [-0.2, 0) is 26.5 Å². The predicted octanol–water partition coefficient (Wildman–Crippen LogP) is 0.0567. The third-order valence-corrected chi connectivity index (χ3v) is 6.17. The summed E-state index contributed by atoms with van der Waals surface area (Å²) in [5, 5.41) is 4.23. The number of hydrogen-bond acceptors (Lipinski definition) is 5. The van der Waals surface area contributed by atoms with Gasteiger partial charge in [-0.3, -0.25) is 4.68 Å². The first-order valence-electron chi connectivity index (χ1n) is 7.07. The summed E-state index contributed by atoms with van der Waals surface area (Å²) in [5.41, 5.74) is 0.645. The van der Waals surface area contributed by atoms with E-state index in [2.05, 4.69) is 9.82 Å². The molecular formula is C13H21N3O4S. The second-order valence-electron chi connectivity index (χ2n) is 5.81. The Morgan fingerprint density at radius 2 is 2.33 bits per heavy atom. The molecule has 0 unspecified atom stereocenters. The van der Waals surface area contributed by atoms with Crippen LogP contribution in [0.2, 0.25) is 0 Å². The van der Waals surface area contributed by atoms with Crippen molar-refractivity contribution in [2.24, 2.45) is 18.9 Å². The molecule has 2 aliphatic rings. The Morgan fingerprint density at radius 1 is 1.57 bits per heavy atom. The minimum atomic E-state index is -3.59. The van der Waals surface area contributed by atoms with Crippen molar-refractivity contribution in [3.63, 3.8) is 0 Å². The highest BCUT2D eigenvalue weighted by molar-refractivity contribution is 7.89. The van der Waals surface area contributed by atoms with E-state index in [4.69, 9.17) is 9.47 Å². The minimum Gasteiger partial charge on any atom is -0.384 e. The Hall–Kier alpha value is -0.960. The Labute approximate surface area is 124 Å². The summed E-state index contributed by atoms with van der Waals surface area (Å²) in [4.78, 5) is 0. The van der Waals surface area contributed by atoms with Crippen LogP contribution in [-0.4, -0.2) is 50.7 Å². The highest BCUT2D eigenvalue weighted by atomic mass is 32.2. The zero-order chi connectivity index (χ0) is 15.2. The lowest BCUT2D eigenvalue weighted by atomic mass is 9.68. The summed E-state index contributed by atoms with van der Waals surface area (Å²) < 4.78 is 40.3. The molecule has 1 aromatic heterocycles. The van der Waals surface area contributed by atoms with E-state index in [0.717, 1.165) is 6.42 Å². The summed E-state index contributed by atoms with van der Waals surface area (Å²) in [7, 11) is -0.329. The van der Waals surface area contributed by atoms with Crippen LogP contribution in [0.3, 0.4) is 0 Å². The van der Waals surface area contributed by atoms with Gasteiger partial charge in [0.1, 0.15) is 0 Å². The molecule has 4 atom stereocenters. The lowest BCUT2D eigenvalue weighted by molar-refractivity contribution is -0.0775. The number of sulfonamides is 1. The highest BCUT2D eigenvalue weighted by Gasteiger charge is 2.55. The maximum atomic E-state index is 12.6. The van der Waals surface area contributed by atoms with Crippen LogP contribution in [0.5, 0.6) is 0 Å². The van der Waals surface area contributed by atoms with Crippen LogP contribution in [0.15, 0.2) is 11.2 Å². The monoisotopic (exact) mass is 315 g/mol. The number of nitrogens with one attached hydrogen (secondary N) is 1. The van der Waals surface area contributed by atoms with Gasteiger partial charge in [0, 0.05) is 44.2 Å². The molecule has 7 nitrogen and oxygen atoms in total. The van der Waals surface area contributed by atoms with Gasteiger partial charge in [0.05, 0.1) is 18.9 Å². The predicted molar refractivity (Wildman–Crippen MR) is 75.3 cm³/mol. The lowest BCUT2D eigenvalue weighted by Crippen LogP contribution is -2.62. The molecule has 1 aliphatic heterocycles. The Morgan fingerprint density at radius 3 is 2.95 bits per heavy atom. The summed E-state index contributed by atoms with van der Waals surface area (Å²) in [6, 6.07) is -0.128. The number of aromatic nitrogens is 2. The molecule has 1 aliphatic carbocycles. The van der Waals surface area contributed by atoms with E-state index in [1.165, 1.54) is 4.68 Å². The normalized spacial score (nSPS) is 32.0. The molecule has 0 amide bonds. The minimum absolute atomic E-state index is 0.0748. The molecule has 1 N–H and O–H groups in total. The van der Waals surface area contributed by atoms with Crippen molar-refractivity contribution in [2.45, 2.75) is 30.5 Å². The number of aryl methyl sites for hydroxylation is 2. The molecule has 1 aromatic rings. The molecule has 1 saturated heterocycles. The van der Waals surface area contributed by atoms with E-state index in [-0.39, 0.29) is 29.0 Å². The summed E-state index contributed by atoms with van der Waals surface area (Å²) in [5.74, 6) is 0.319. The first-order chi connectivity index (χ1) is 9.95. The van der Waals surface area contributed by atoms with Gasteiger partial charge in [-0.25, -0.2) is 13.1 Å². The average Bonchev–Trinajstić information content (AvgIpc) is 2.98. The Bertz CT molecular complexity index is 608. The van der Waals surface area contributed by atoms with Crippen LogP contribution in [0.4, 0.5) is 0 Å². The summed E-state index contributed by atoms with van der Waals surface area (Å²) >= 11 is 0. The van der Waals surface area contributed by atoms with Gasteiger partial charge >= 0.3 is 0 Å². The lowest BCUT2D eigenvalue weighted by Gasteiger charge is -2.47. The van der Waals surface area contributed by atoms with E-state index < -0.39 is 10.0 Å². The van der Waals surface area contributed by atoms with Crippen LogP contribution in [0.25, 0.3) is 0 Å². The molecule has 2 heterocycles. The SMILES string of the molecule is COC[C@@H]1[C@@H](NS(=O)(=O)c2c(C)cnn2C)[C@@H]2CCO[C@H]12. The van der Waals surface area contributed by atoms with Gasteiger partial charge < -0.3 is 9.47 Å². The molecule has 0 radical (unpaired) electrons. The fourth-order valence-corrected chi connectivity index (χ4v) is 5.24. The van der Waals surface area contributed by atoms with E-state index in [1.54, 1.807) is 27.3 Å². The van der Waals surface area contributed by atoms with Crippen molar-refractivity contribution >= 4 is 10.0 Å². The maximum absolute atomic E-state index is 12.6. The molecule has 1 saturated carbocycles. The molecule has 2 fully saturated rings. The van der Waals surface area contributed by atoms with Gasteiger partial charge in [-0.05, 0) is 13.3 Å². The Kier molecular flexibility index (Phi) is 3.81. The van der Waals surface area contributed by atoms with Crippen LogP contribution in [0, 0.1) is 18.8 Å². The third-order valence-electron chi connectivity index (χ3n) is 4.49. The molecule has 118 valence electrons. The van der Waals surface area contributed by atoms with Gasteiger partial charge in [0.2, 0.25) is 0 Å². The first kappa shape index (κ1) is 15.0. The van der Waals surface area contributed by atoms with Gasteiger partial charge in [0.15, 0.2) is 5.03 Å². The number of rotatable bonds is 5. The molecule has 0 aromatic carbocycles. The smallest absolute Gasteiger partial charge is 0.258 e. The van der Waals surface area contributed by atoms with E-state index in [1.807, 2.05) is 0 Å². The second-order valence-corrected chi connectivity index (χ2v) is 7.44. The van der Waals surface area contributed by atoms with Crippen LogP contribution < -0.4 is 4.72 Å².